The Bertz CT molecular complexity index is 686. The zero-order valence-electron chi connectivity index (χ0n) is 16.2. The first-order valence-corrected chi connectivity index (χ1v) is 9.18. The minimum absolute atomic E-state index is 0.0776. The number of carbonyl (C=O) groups excluding carboxylic acids is 1. The van der Waals surface area contributed by atoms with Gasteiger partial charge in [-0.2, -0.15) is 0 Å². The van der Waals surface area contributed by atoms with E-state index >= 15 is 0 Å². The van der Waals surface area contributed by atoms with Crippen LogP contribution in [0.4, 0.5) is 0 Å². The Morgan fingerprint density at radius 2 is 1.50 bits per heavy atom. The summed E-state index contributed by atoms with van der Waals surface area (Å²) in [6, 6.07) is 14.1. The Hall–Kier alpha value is -2.33. The van der Waals surface area contributed by atoms with Crippen LogP contribution in [0, 0.1) is 13.8 Å². The van der Waals surface area contributed by atoms with Crippen molar-refractivity contribution < 1.29 is 14.3 Å². The number of hydrogen-bond donors (Lipinski definition) is 0. The lowest BCUT2D eigenvalue weighted by atomic mass is 10.1. The Morgan fingerprint density at radius 1 is 0.923 bits per heavy atom. The van der Waals surface area contributed by atoms with E-state index in [0.29, 0.717) is 0 Å². The van der Waals surface area contributed by atoms with Crippen molar-refractivity contribution in [1.29, 1.82) is 0 Å². The van der Waals surface area contributed by atoms with Crippen LogP contribution in [0.25, 0.3) is 0 Å². The molecule has 0 amide bonds. The van der Waals surface area contributed by atoms with Gasteiger partial charge in [-0.05, 0) is 49.2 Å². The van der Waals surface area contributed by atoms with Gasteiger partial charge >= 0.3 is 5.97 Å². The topological polar surface area (TPSA) is 38.8 Å². The molecule has 2 rings (SSSR count). The first-order chi connectivity index (χ1) is 12.5. The molecule has 26 heavy (non-hydrogen) atoms. The molecule has 0 atom stereocenters. The third kappa shape index (κ3) is 5.88. The molecular weight excluding hydrogens is 326 g/mol. The van der Waals surface area contributed by atoms with Crippen LogP contribution in [0.2, 0.25) is 0 Å². The zero-order chi connectivity index (χ0) is 18.9. The van der Waals surface area contributed by atoms with Crippen molar-refractivity contribution >= 4 is 5.97 Å². The summed E-state index contributed by atoms with van der Waals surface area (Å²) < 4.78 is 10.9. The van der Waals surface area contributed by atoms with E-state index in [1.807, 2.05) is 44.2 Å². The lowest BCUT2D eigenvalue weighted by Gasteiger charge is -2.18. The highest BCUT2D eigenvalue weighted by Crippen LogP contribution is 2.22. The van der Waals surface area contributed by atoms with Crippen LogP contribution in [-0.4, -0.2) is 30.6 Å². The van der Waals surface area contributed by atoms with Crippen molar-refractivity contribution in [3.63, 3.8) is 0 Å². The summed E-state index contributed by atoms with van der Waals surface area (Å²) in [5, 5.41) is 0. The van der Waals surface area contributed by atoms with E-state index in [2.05, 4.69) is 30.9 Å². The Labute approximate surface area is 156 Å². The van der Waals surface area contributed by atoms with Crippen LogP contribution < -0.4 is 4.74 Å². The van der Waals surface area contributed by atoms with Crippen molar-refractivity contribution in [2.45, 2.75) is 40.8 Å². The van der Waals surface area contributed by atoms with Crippen molar-refractivity contribution in [3.8, 4) is 5.75 Å². The van der Waals surface area contributed by atoms with E-state index in [9.17, 15) is 4.79 Å². The number of aryl methyl sites for hydroxylation is 2. The van der Waals surface area contributed by atoms with Crippen LogP contribution >= 0.6 is 0 Å². The van der Waals surface area contributed by atoms with E-state index in [1.165, 1.54) is 5.56 Å². The largest absolute Gasteiger partial charge is 0.481 e. The van der Waals surface area contributed by atoms with Gasteiger partial charge in [-0.3, -0.25) is 4.90 Å². The van der Waals surface area contributed by atoms with Crippen molar-refractivity contribution in [2.75, 3.05) is 19.7 Å². The molecule has 0 unspecified atom stereocenters. The quantitative estimate of drug-likeness (QED) is 0.630. The summed E-state index contributed by atoms with van der Waals surface area (Å²) in [6.45, 7) is 11.5. The molecule has 140 valence electrons. The van der Waals surface area contributed by atoms with Gasteiger partial charge in [-0.15, -0.1) is 0 Å². The number of benzene rings is 2. The average Bonchev–Trinajstić information content (AvgIpc) is 2.65. The van der Waals surface area contributed by atoms with E-state index in [-0.39, 0.29) is 19.2 Å². The molecule has 0 fully saturated rings. The number of para-hydroxylation sites is 1. The highest BCUT2D eigenvalue weighted by Gasteiger charge is 2.09. The summed E-state index contributed by atoms with van der Waals surface area (Å²) in [7, 11) is 0. The van der Waals surface area contributed by atoms with Gasteiger partial charge in [0.1, 0.15) is 12.4 Å². The number of ether oxygens (including phenoxy) is 2. The maximum absolute atomic E-state index is 11.9. The van der Waals surface area contributed by atoms with Crippen LogP contribution in [0.15, 0.2) is 42.5 Å². The molecule has 0 saturated heterocycles. The van der Waals surface area contributed by atoms with Gasteiger partial charge < -0.3 is 9.47 Å². The Balaban J connectivity index is 1.80. The molecule has 0 heterocycles. The van der Waals surface area contributed by atoms with Gasteiger partial charge in [0.2, 0.25) is 0 Å². The summed E-state index contributed by atoms with van der Waals surface area (Å²) in [5.41, 5.74) is 4.28. The number of nitrogens with zero attached hydrogens (tertiary/aromatic N) is 1. The first-order valence-electron chi connectivity index (χ1n) is 9.18. The molecule has 0 aliphatic rings. The zero-order valence-corrected chi connectivity index (χ0v) is 16.2. The molecule has 0 N–H and O–H groups in total. The monoisotopic (exact) mass is 355 g/mol. The normalized spacial score (nSPS) is 10.8. The maximum Gasteiger partial charge on any atom is 0.344 e. The third-order valence-corrected chi connectivity index (χ3v) is 4.47. The molecule has 0 bridgehead atoms. The van der Waals surface area contributed by atoms with E-state index < -0.39 is 0 Å². The van der Waals surface area contributed by atoms with Gasteiger partial charge in [0, 0.05) is 6.54 Å². The molecule has 0 saturated carbocycles. The van der Waals surface area contributed by atoms with Crippen molar-refractivity contribution in [1.82, 2.24) is 4.90 Å². The smallest absolute Gasteiger partial charge is 0.344 e. The number of carbonyl (C=O) groups is 1. The second-order valence-electron chi connectivity index (χ2n) is 6.45. The molecule has 2 aromatic carbocycles. The molecule has 4 heteroatoms. The van der Waals surface area contributed by atoms with E-state index in [0.717, 1.165) is 42.1 Å². The average molecular weight is 355 g/mol. The second-order valence-corrected chi connectivity index (χ2v) is 6.45. The Morgan fingerprint density at radius 3 is 2.08 bits per heavy atom. The van der Waals surface area contributed by atoms with Gasteiger partial charge in [-0.1, -0.05) is 56.3 Å². The van der Waals surface area contributed by atoms with Crippen LogP contribution in [0.5, 0.6) is 5.75 Å². The molecule has 4 nitrogen and oxygen atoms in total. The summed E-state index contributed by atoms with van der Waals surface area (Å²) in [6.07, 6.45) is 0. The molecule has 0 aliphatic heterocycles. The third-order valence-electron chi connectivity index (χ3n) is 4.47. The molecule has 0 spiro atoms. The molecule has 0 radical (unpaired) electrons. The van der Waals surface area contributed by atoms with Gasteiger partial charge in [0.25, 0.3) is 0 Å². The van der Waals surface area contributed by atoms with Crippen LogP contribution in [-0.2, 0) is 22.7 Å². The van der Waals surface area contributed by atoms with Gasteiger partial charge in [0.15, 0.2) is 6.61 Å². The van der Waals surface area contributed by atoms with Gasteiger partial charge in [0.05, 0.1) is 0 Å². The second kappa shape index (κ2) is 9.97. The van der Waals surface area contributed by atoms with E-state index in [1.54, 1.807) is 0 Å². The molecule has 0 aliphatic carbocycles. The standard InChI is InChI=1S/C22H29NO3/c1-5-23(6-2)14-19-10-12-20(13-11-19)15-25-21(24)16-26-22-17(3)8-7-9-18(22)4/h7-13H,5-6,14-16H2,1-4H3. The fraction of sp³-hybridized carbons (Fsp3) is 0.409. The predicted octanol–water partition coefficient (Wildman–Crippen LogP) is 4.27. The number of rotatable bonds is 9. The minimum Gasteiger partial charge on any atom is -0.481 e. The minimum atomic E-state index is -0.361. The highest BCUT2D eigenvalue weighted by molar-refractivity contribution is 5.71. The highest BCUT2D eigenvalue weighted by atomic mass is 16.6. The lowest BCUT2D eigenvalue weighted by Crippen LogP contribution is -2.22. The fourth-order valence-electron chi connectivity index (χ4n) is 2.81. The Kier molecular flexibility index (Phi) is 7.67. The molecule has 0 aromatic heterocycles. The van der Waals surface area contributed by atoms with Crippen molar-refractivity contribution in [3.05, 3.63) is 64.7 Å². The SMILES string of the molecule is CCN(CC)Cc1ccc(COC(=O)COc2c(C)cccc2C)cc1. The number of hydrogen-bond acceptors (Lipinski definition) is 4. The van der Waals surface area contributed by atoms with Gasteiger partial charge in [-0.25, -0.2) is 4.79 Å². The van der Waals surface area contributed by atoms with Crippen LogP contribution in [0.1, 0.15) is 36.1 Å². The number of esters is 1. The van der Waals surface area contributed by atoms with E-state index in [4.69, 9.17) is 9.47 Å². The first kappa shape index (κ1) is 20.0. The summed E-state index contributed by atoms with van der Waals surface area (Å²) >= 11 is 0. The summed E-state index contributed by atoms with van der Waals surface area (Å²) in [4.78, 5) is 14.3. The fourth-order valence-corrected chi connectivity index (χ4v) is 2.81. The molecular formula is C22H29NO3. The molecule has 2 aromatic rings. The lowest BCUT2D eigenvalue weighted by molar-refractivity contribution is -0.147. The van der Waals surface area contributed by atoms with Crippen LogP contribution in [0.3, 0.4) is 0 Å². The van der Waals surface area contributed by atoms with Crippen molar-refractivity contribution in [2.24, 2.45) is 0 Å². The maximum atomic E-state index is 11.9. The summed E-state index contributed by atoms with van der Waals surface area (Å²) in [5.74, 6) is 0.394. The predicted molar refractivity (Wildman–Crippen MR) is 104 cm³/mol.